The van der Waals surface area contributed by atoms with Gasteiger partial charge < -0.3 is 4.98 Å². The molecule has 2 heterocycles. The van der Waals surface area contributed by atoms with Crippen molar-refractivity contribution in [1.82, 2.24) is 9.97 Å². The molecule has 2 aromatic heterocycles. The van der Waals surface area contributed by atoms with Crippen LogP contribution in [-0.2, 0) is 0 Å². The van der Waals surface area contributed by atoms with Gasteiger partial charge in [0.15, 0.2) is 0 Å². The monoisotopic (exact) mass is 292 g/mol. The van der Waals surface area contributed by atoms with Crippen LogP contribution in [0.1, 0.15) is 5.56 Å². The summed E-state index contributed by atoms with van der Waals surface area (Å²) in [4.78, 5) is 7.25. The van der Waals surface area contributed by atoms with Crippen molar-refractivity contribution in [3.63, 3.8) is 0 Å². The first-order chi connectivity index (χ1) is 5.70. The predicted molar refractivity (Wildman–Crippen MR) is 58.6 cm³/mol. The van der Waals surface area contributed by atoms with Crippen molar-refractivity contribution < 1.29 is 0 Å². The molecule has 0 saturated carbocycles. The molecule has 0 atom stereocenters. The molecule has 0 radical (unpaired) electrons. The van der Waals surface area contributed by atoms with Crippen LogP contribution in [0.5, 0.6) is 0 Å². The predicted octanol–water partition coefficient (Wildman–Crippen LogP) is 3.13. The van der Waals surface area contributed by atoms with Crippen molar-refractivity contribution in [3.05, 3.63) is 26.7 Å². The van der Waals surface area contributed by atoms with E-state index in [1.54, 1.807) is 6.20 Å². The standard InChI is InChI=1S/C8H6ClIN2/c1-4-2-12-8(9)6-5(10)3-11-7(4)6/h2-3,11H,1H3. The maximum atomic E-state index is 5.94. The minimum absolute atomic E-state index is 0.571. The zero-order valence-electron chi connectivity index (χ0n) is 6.36. The number of rotatable bonds is 0. The Balaban J connectivity index is 2.98. The highest BCUT2D eigenvalue weighted by Gasteiger charge is 2.07. The molecule has 0 bridgehead atoms. The number of fused-ring (bicyclic) bond motifs is 1. The molecule has 2 nitrogen and oxygen atoms in total. The second kappa shape index (κ2) is 2.88. The van der Waals surface area contributed by atoms with E-state index in [9.17, 15) is 0 Å². The molecule has 12 heavy (non-hydrogen) atoms. The first-order valence-electron chi connectivity index (χ1n) is 3.48. The van der Waals surface area contributed by atoms with E-state index < -0.39 is 0 Å². The number of H-pyrrole nitrogens is 1. The third kappa shape index (κ3) is 1.11. The van der Waals surface area contributed by atoms with E-state index in [1.807, 2.05) is 13.1 Å². The fourth-order valence-electron chi connectivity index (χ4n) is 1.19. The van der Waals surface area contributed by atoms with Gasteiger partial charge in [-0.25, -0.2) is 4.98 Å². The first-order valence-corrected chi connectivity index (χ1v) is 4.93. The summed E-state index contributed by atoms with van der Waals surface area (Å²) in [6, 6.07) is 0. The van der Waals surface area contributed by atoms with Gasteiger partial charge >= 0.3 is 0 Å². The van der Waals surface area contributed by atoms with Crippen LogP contribution in [0.4, 0.5) is 0 Å². The maximum absolute atomic E-state index is 5.94. The van der Waals surface area contributed by atoms with Gasteiger partial charge in [-0.2, -0.15) is 0 Å². The molecule has 0 aromatic carbocycles. The Morgan fingerprint density at radius 2 is 2.33 bits per heavy atom. The summed E-state index contributed by atoms with van der Waals surface area (Å²) in [5.74, 6) is 0. The van der Waals surface area contributed by atoms with Crippen LogP contribution in [0.2, 0.25) is 5.15 Å². The van der Waals surface area contributed by atoms with Crippen molar-refractivity contribution >= 4 is 45.1 Å². The van der Waals surface area contributed by atoms with Gasteiger partial charge in [-0.15, -0.1) is 0 Å². The average Bonchev–Trinajstić information content (AvgIpc) is 2.42. The van der Waals surface area contributed by atoms with E-state index in [0.717, 1.165) is 20.0 Å². The molecule has 0 aliphatic rings. The quantitative estimate of drug-likeness (QED) is 0.586. The average molecular weight is 293 g/mol. The first kappa shape index (κ1) is 8.31. The number of pyridine rings is 1. The lowest BCUT2D eigenvalue weighted by Gasteiger charge is -1.96. The van der Waals surface area contributed by atoms with E-state index in [1.165, 1.54) is 0 Å². The van der Waals surface area contributed by atoms with Crippen molar-refractivity contribution in [1.29, 1.82) is 0 Å². The molecule has 1 N–H and O–H groups in total. The molecule has 0 saturated heterocycles. The fraction of sp³-hybridized carbons (Fsp3) is 0.125. The zero-order chi connectivity index (χ0) is 8.72. The molecular formula is C8H6ClIN2. The van der Waals surface area contributed by atoms with Gasteiger partial charge in [-0.05, 0) is 35.1 Å². The number of hydrogen-bond acceptors (Lipinski definition) is 1. The molecule has 62 valence electrons. The Morgan fingerprint density at radius 1 is 1.58 bits per heavy atom. The van der Waals surface area contributed by atoms with Crippen LogP contribution in [0.3, 0.4) is 0 Å². The Morgan fingerprint density at radius 3 is 3.00 bits per heavy atom. The van der Waals surface area contributed by atoms with E-state index >= 15 is 0 Å². The van der Waals surface area contributed by atoms with Crippen molar-refractivity contribution in [2.45, 2.75) is 6.92 Å². The molecule has 4 heteroatoms. The molecule has 0 spiro atoms. The summed E-state index contributed by atoms with van der Waals surface area (Å²) in [5.41, 5.74) is 2.21. The number of nitrogens with one attached hydrogen (secondary N) is 1. The van der Waals surface area contributed by atoms with Crippen LogP contribution in [0, 0.1) is 10.5 Å². The van der Waals surface area contributed by atoms with E-state index in [2.05, 4.69) is 32.6 Å². The minimum atomic E-state index is 0.571. The Hall–Kier alpha value is -0.290. The smallest absolute Gasteiger partial charge is 0.139 e. The second-order valence-electron chi connectivity index (χ2n) is 2.62. The summed E-state index contributed by atoms with van der Waals surface area (Å²) in [6.45, 7) is 2.01. The van der Waals surface area contributed by atoms with Crippen LogP contribution in [-0.4, -0.2) is 9.97 Å². The number of halogens is 2. The molecule has 0 unspecified atom stereocenters. The summed E-state index contributed by atoms with van der Waals surface area (Å²) >= 11 is 8.18. The zero-order valence-corrected chi connectivity index (χ0v) is 9.27. The highest BCUT2D eigenvalue weighted by Crippen LogP contribution is 2.27. The van der Waals surface area contributed by atoms with E-state index in [0.29, 0.717) is 5.15 Å². The molecule has 0 fully saturated rings. The van der Waals surface area contributed by atoms with Crippen LogP contribution < -0.4 is 0 Å². The van der Waals surface area contributed by atoms with Crippen LogP contribution >= 0.6 is 34.2 Å². The Labute approximate surface area is 88.5 Å². The van der Waals surface area contributed by atoms with Gasteiger partial charge in [-0.1, -0.05) is 11.6 Å². The third-order valence-corrected chi connectivity index (χ3v) is 2.94. The lowest BCUT2D eigenvalue weighted by Crippen LogP contribution is -1.81. The SMILES string of the molecule is Cc1cnc(Cl)c2c(I)c[nH]c12. The van der Waals surface area contributed by atoms with Gasteiger partial charge in [0, 0.05) is 16.0 Å². The van der Waals surface area contributed by atoms with E-state index in [4.69, 9.17) is 11.6 Å². The summed E-state index contributed by atoms with van der Waals surface area (Å²) < 4.78 is 1.11. The molecule has 2 rings (SSSR count). The largest absolute Gasteiger partial charge is 0.360 e. The van der Waals surface area contributed by atoms with Crippen molar-refractivity contribution in [3.8, 4) is 0 Å². The lowest BCUT2D eigenvalue weighted by atomic mass is 10.2. The van der Waals surface area contributed by atoms with Crippen molar-refractivity contribution in [2.24, 2.45) is 0 Å². The number of nitrogens with zero attached hydrogens (tertiary/aromatic N) is 1. The molecule has 0 aliphatic carbocycles. The van der Waals surface area contributed by atoms with Crippen molar-refractivity contribution in [2.75, 3.05) is 0 Å². The third-order valence-electron chi connectivity index (χ3n) is 1.80. The van der Waals surface area contributed by atoms with Gasteiger partial charge in [-0.3, -0.25) is 0 Å². The van der Waals surface area contributed by atoms with Gasteiger partial charge in [0.1, 0.15) is 5.15 Å². The fourth-order valence-corrected chi connectivity index (χ4v) is 2.28. The Bertz CT molecular complexity index is 436. The number of hydrogen-bond donors (Lipinski definition) is 1. The number of aryl methyl sites for hydroxylation is 1. The highest BCUT2D eigenvalue weighted by atomic mass is 127. The number of aromatic nitrogens is 2. The number of aromatic amines is 1. The summed E-state index contributed by atoms with van der Waals surface area (Å²) in [6.07, 6.45) is 3.71. The topological polar surface area (TPSA) is 28.7 Å². The minimum Gasteiger partial charge on any atom is -0.360 e. The normalized spacial score (nSPS) is 10.9. The van der Waals surface area contributed by atoms with Gasteiger partial charge in [0.05, 0.1) is 10.9 Å². The Kier molecular flexibility index (Phi) is 2.00. The van der Waals surface area contributed by atoms with Crippen LogP contribution in [0.25, 0.3) is 10.9 Å². The molecular weight excluding hydrogens is 286 g/mol. The second-order valence-corrected chi connectivity index (χ2v) is 4.14. The molecule has 0 amide bonds. The van der Waals surface area contributed by atoms with E-state index in [-0.39, 0.29) is 0 Å². The van der Waals surface area contributed by atoms with Gasteiger partial charge in [0.25, 0.3) is 0 Å². The maximum Gasteiger partial charge on any atom is 0.139 e. The molecule has 0 aliphatic heterocycles. The van der Waals surface area contributed by atoms with Gasteiger partial charge in [0.2, 0.25) is 0 Å². The summed E-state index contributed by atoms with van der Waals surface area (Å²) in [5, 5.41) is 1.60. The molecule has 2 aromatic rings. The van der Waals surface area contributed by atoms with Crippen LogP contribution in [0.15, 0.2) is 12.4 Å². The summed E-state index contributed by atoms with van der Waals surface area (Å²) in [7, 11) is 0. The highest BCUT2D eigenvalue weighted by molar-refractivity contribution is 14.1. The lowest BCUT2D eigenvalue weighted by molar-refractivity contribution is 1.29.